The number of rotatable bonds is 0. The molecule has 1 aliphatic carbocycles. The standard InChI is InChI=1S/C15H12N4/c1-9-16-8-13-12-5-11-7-17-19-15(11)6-10(12)3-2-4-14(13)18-9/h2-3,5-8H,4H2,1H3,(H,17,19). The Hall–Kier alpha value is -2.49. The van der Waals surface area contributed by atoms with Crippen LogP contribution in [-0.2, 0) is 6.42 Å². The van der Waals surface area contributed by atoms with E-state index in [1.54, 1.807) is 0 Å². The second-order valence-corrected chi connectivity index (χ2v) is 4.78. The van der Waals surface area contributed by atoms with E-state index >= 15 is 0 Å². The lowest BCUT2D eigenvalue weighted by Crippen LogP contribution is -1.97. The Kier molecular flexibility index (Phi) is 2.06. The Bertz CT molecular complexity index is 814. The number of hydrogen-bond acceptors (Lipinski definition) is 3. The molecule has 92 valence electrons. The quantitative estimate of drug-likeness (QED) is 0.665. The second-order valence-electron chi connectivity index (χ2n) is 4.78. The largest absolute Gasteiger partial charge is 0.278 e. The SMILES string of the molecule is Cc1ncc2c(n1)CC=Cc1cc3[nH]ncc3cc1-2. The first-order valence-electron chi connectivity index (χ1n) is 6.28. The van der Waals surface area contributed by atoms with Crippen LogP contribution in [0, 0.1) is 6.92 Å². The highest BCUT2D eigenvalue weighted by atomic mass is 15.1. The lowest BCUT2D eigenvalue weighted by atomic mass is 9.99. The minimum Gasteiger partial charge on any atom is -0.278 e. The fourth-order valence-electron chi connectivity index (χ4n) is 2.57. The molecule has 4 rings (SSSR count). The number of allylic oxidation sites excluding steroid dienone is 1. The first-order chi connectivity index (χ1) is 9.31. The molecule has 0 atom stereocenters. The number of aryl methyl sites for hydroxylation is 1. The zero-order valence-electron chi connectivity index (χ0n) is 10.5. The monoisotopic (exact) mass is 248 g/mol. The maximum absolute atomic E-state index is 4.55. The Balaban J connectivity index is 2.08. The van der Waals surface area contributed by atoms with E-state index in [9.17, 15) is 0 Å². The summed E-state index contributed by atoms with van der Waals surface area (Å²) in [5.41, 5.74) is 5.62. The summed E-state index contributed by atoms with van der Waals surface area (Å²) in [6.07, 6.45) is 8.92. The summed E-state index contributed by atoms with van der Waals surface area (Å²) in [5, 5.41) is 8.21. The van der Waals surface area contributed by atoms with Gasteiger partial charge in [-0.25, -0.2) is 9.97 Å². The van der Waals surface area contributed by atoms with Crippen molar-refractivity contribution < 1.29 is 0 Å². The number of aromatic amines is 1. The fraction of sp³-hybridized carbons (Fsp3) is 0.133. The van der Waals surface area contributed by atoms with Crippen LogP contribution in [0.25, 0.3) is 28.1 Å². The Morgan fingerprint density at radius 2 is 2.11 bits per heavy atom. The van der Waals surface area contributed by atoms with E-state index in [1.807, 2.05) is 19.3 Å². The Morgan fingerprint density at radius 3 is 3.05 bits per heavy atom. The van der Waals surface area contributed by atoms with E-state index in [-0.39, 0.29) is 0 Å². The molecule has 4 nitrogen and oxygen atoms in total. The van der Waals surface area contributed by atoms with Gasteiger partial charge in [-0.05, 0) is 30.2 Å². The highest BCUT2D eigenvalue weighted by Gasteiger charge is 2.14. The summed E-state index contributed by atoms with van der Waals surface area (Å²) in [6, 6.07) is 4.28. The van der Waals surface area contributed by atoms with Crippen LogP contribution >= 0.6 is 0 Å². The van der Waals surface area contributed by atoms with E-state index in [0.29, 0.717) is 0 Å². The van der Waals surface area contributed by atoms with Gasteiger partial charge in [0, 0.05) is 23.6 Å². The zero-order valence-corrected chi connectivity index (χ0v) is 10.5. The van der Waals surface area contributed by atoms with Crippen LogP contribution in [-0.4, -0.2) is 20.2 Å². The van der Waals surface area contributed by atoms with Crippen molar-refractivity contribution >= 4 is 17.0 Å². The number of hydrogen-bond donors (Lipinski definition) is 1. The number of fused-ring (bicyclic) bond motifs is 4. The van der Waals surface area contributed by atoms with Crippen molar-refractivity contribution in [3.05, 3.63) is 47.7 Å². The molecule has 0 aliphatic heterocycles. The molecule has 0 radical (unpaired) electrons. The summed E-state index contributed by atoms with van der Waals surface area (Å²) < 4.78 is 0. The average molecular weight is 248 g/mol. The number of aromatic nitrogens is 4. The van der Waals surface area contributed by atoms with Crippen molar-refractivity contribution in [2.45, 2.75) is 13.3 Å². The summed E-state index contributed by atoms with van der Waals surface area (Å²) in [6.45, 7) is 1.93. The smallest absolute Gasteiger partial charge is 0.125 e. The van der Waals surface area contributed by atoms with Gasteiger partial charge in [0.1, 0.15) is 5.82 Å². The maximum atomic E-state index is 4.55. The molecule has 4 heteroatoms. The minimum absolute atomic E-state index is 0.819. The zero-order chi connectivity index (χ0) is 12.8. The number of nitrogens with zero attached hydrogens (tertiary/aromatic N) is 3. The van der Waals surface area contributed by atoms with Crippen molar-refractivity contribution in [1.29, 1.82) is 0 Å². The average Bonchev–Trinajstić information content (AvgIpc) is 2.78. The van der Waals surface area contributed by atoms with E-state index in [4.69, 9.17) is 0 Å². The topological polar surface area (TPSA) is 54.5 Å². The van der Waals surface area contributed by atoms with Gasteiger partial charge in [0.25, 0.3) is 0 Å². The predicted molar refractivity (Wildman–Crippen MR) is 74.6 cm³/mol. The van der Waals surface area contributed by atoms with Crippen LogP contribution in [0.4, 0.5) is 0 Å². The van der Waals surface area contributed by atoms with Gasteiger partial charge in [-0.2, -0.15) is 5.10 Å². The highest BCUT2D eigenvalue weighted by molar-refractivity contribution is 5.90. The molecule has 0 saturated heterocycles. The predicted octanol–water partition coefficient (Wildman–Crippen LogP) is 2.90. The molecule has 0 unspecified atom stereocenters. The summed E-state index contributed by atoms with van der Waals surface area (Å²) in [4.78, 5) is 8.89. The third-order valence-electron chi connectivity index (χ3n) is 3.50. The fourth-order valence-corrected chi connectivity index (χ4v) is 2.57. The molecular formula is C15H12N4. The summed E-state index contributed by atoms with van der Waals surface area (Å²) in [7, 11) is 0. The van der Waals surface area contributed by atoms with Crippen LogP contribution in [0.15, 0.2) is 30.6 Å². The van der Waals surface area contributed by atoms with Crippen molar-refractivity contribution in [2.24, 2.45) is 0 Å². The van der Waals surface area contributed by atoms with Crippen molar-refractivity contribution in [2.75, 3.05) is 0 Å². The van der Waals surface area contributed by atoms with E-state index < -0.39 is 0 Å². The van der Waals surface area contributed by atoms with Gasteiger partial charge in [0.2, 0.25) is 0 Å². The minimum atomic E-state index is 0.819. The van der Waals surface area contributed by atoms with Crippen LogP contribution in [0.1, 0.15) is 17.1 Å². The summed E-state index contributed by atoms with van der Waals surface area (Å²) >= 11 is 0. The third-order valence-corrected chi connectivity index (χ3v) is 3.50. The first kappa shape index (κ1) is 10.4. The van der Waals surface area contributed by atoms with Crippen molar-refractivity contribution in [1.82, 2.24) is 20.2 Å². The lowest BCUT2D eigenvalue weighted by molar-refractivity contribution is 0.987. The Morgan fingerprint density at radius 1 is 1.16 bits per heavy atom. The van der Waals surface area contributed by atoms with Gasteiger partial charge < -0.3 is 0 Å². The van der Waals surface area contributed by atoms with Gasteiger partial charge in [0.15, 0.2) is 0 Å². The van der Waals surface area contributed by atoms with Gasteiger partial charge >= 0.3 is 0 Å². The normalized spacial score (nSPS) is 13.1. The molecular weight excluding hydrogens is 236 g/mol. The van der Waals surface area contributed by atoms with Gasteiger partial charge in [0.05, 0.1) is 17.4 Å². The molecule has 0 fully saturated rings. The molecule has 1 aliphatic rings. The Labute approximate surface area is 110 Å². The van der Waals surface area contributed by atoms with Gasteiger partial charge in [-0.3, -0.25) is 5.10 Å². The van der Waals surface area contributed by atoms with Crippen molar-refractivity contribution in [3.8, 4) is 11.1 Å². The summed E-state index contributed by atoms with van der Waals surface area (Å²) in [5.74, 6) is 0.819. The lowest BCUT2D eigenvalue weighted by Gasteiger charge is -2.08. The number of H-pyrrole nitrogens is 1. The molecule has 0 amide bonds. The molecule has 1 N–H and O–H groups in total. The van der Waals surface area contributed by atoms with Crippen LogP contribution in [0.5, 0.6) is 0 Å². The van der Waals surface area contributed by atoms with Crippen LogP contribution < -0.4 is 0 Å². The van der Waals surface area contributed by atoms with E-state index in [1.165, 1.54) is 11.1 Å². The van der Waals surface area contributed by atoms with Crippen LogP contribution in [0.3, 0.4) is 0 Å². The molecule has 3 aromatic rings. The second kappa shape index (κ2) is 3.75. The maximum Gasteiger partial charge on any atom is 0.125 e. The molecule has 2 heterocycles. The first-order valence-corrected chi connectivity index (χ1v) is 6.28. The molecule has 0 bridgehead atoms. The molecule has 19 heavy (non-hydrogen) atoms. The number of nitrogens with one attached hydrogen (secondary N) is 1. The third kappa shape index (κ3) is 1.57. The number of benzene rings is 1. The van der Waals surface area contributed by atoms with Crippen LogP contribution in [0.2, 0.25) is 0 Å². The molecule has 0 spiro atoms. The van der Waals surface area contributed by atoms with Gasteiger partial charge in [-0.15, -0.1) is 0 Å². The van der Waals surface area contributed by atoms with E-state index in [2.05, 4.69) is 44.5 Å². The highest BCUT2D eigenvalue weighted by Crippen LogP contribution is 2.32. The molecule has 0 saturated carbocycles. The molecule has 1 aromatic carbocycles. The van der Waals surface area contributed by atoms with Crippen molar-refractivity contribution in [3.63, 3.8) is 0 Å². The van der Waals surface area contributed by atoms with Gasteiger partial charge in [-0.1, -0.05) is 12.2 Å². The van der Waals surface area contributed by atoms with E-state index in [0.717, 1.165) is 34.4 Å². The molecule has 2 aromatic heterocycles.